The molecule has 0 aromatic heterocycles. The van der Waals surface area contributed by atoms with Gasteiger partial charge in [-0.1, -0.05) is 232 Å². The van der Waals surface area contributed by atoms with Gasteiger partial charge in [-0.25, -0.2) is 0 Å². The maximum absolute atomic E-state index is 6.46. The van der Waals surface area contributed by atoms with Crippen LogP contribution in [0.15, 0.2) is 54.6 Å². The van der Waals surface area contributed by atoms with Crippen LogP contribution in [0.4, 0.5) is 0 Å². The van der Waals surface area contributed by atoms with Gasteiger partial charge in [0.2, 0.25) is 0 Å². The molecule has 0 amide bonds. The van der Waals surface area contributed by atoms with Crippen molar-refractivity contribution in [1.82, 2.24) is 0 Å². The molecule has 0 N–H and O–H groups in total. The lowest BCUT2D eigenvalue weighted by Crippen LogP contribution is -2.31. The van der Waals surface area contributed by atoms with Crippen molar-refractivity contribution in [2.45, 2.75) is 250 Å². The molecule has 0 atom stereocenters. The third kappa shape index (κ3) is 10.1. The minimum atomic E-state index is -0.157. The second kappa shape index (κ2) is 24.6. The summed E-state index contributed by atoms with van der Waals surface area (Å²) in [6, 6.07) is 21.9. The molecule has 69 heavy (non-hydrogen) atoms. The SMILES string of the molecule is C#Cc1ccc2c(c1)C(CCCCCC)(CCCCCC)c1c-2c2c(c3c1-c1ccc(C#C)cc1C3(CCCCCC)CCCCCC)-c1ccc(C#C)cc1C2(CCCCCC)CCCCCC. The number of unbranched alkanes of at least 4 members (excludes halogenated alkanes) is 18. The molecule has 0 spiro atoms. The molecule has 0 unspecified atom stereocenters. The van der Waals surface area contributed by atoms with Crippen LogP contribution >= 0.6 is 0 Å². The van der Waals surface area contributed by atoms with Gasteiger partial charge in [-0.2, -0.15) is 0 Å². The van der Waals surface area contributed by atoms with Crippen LogP contribution in [-0.4, -0.2) is 0 Å². The Labute approximate surface area is 423 Å². The highest BCUT2D eigenvalue weighted by Gasteiger charge is 2.57. The van der Waals surface area contributed by atoms with Crippen molar-refractivity contribution < 1.29 is 0 Å². The molecule has 0 bridgehead atoms. The predicted molar refractivity (Wildman–Crippen MR) is 301 cm³/mol. The molecule has 0 aliphatic heterocycles. The fraction of sp³-hybridized carbons (Fsp3) is 0.565. The lowest BCUT2D eigenvalue weighted by Gasteiger charge is -2.39. The van der Waals surface area contributed by atoms with Crippen LogP contribution in [0, 0.1) is 37.0 Å². The van der Waals surface area contributed by atoms with Crippen molar-refractivity contribution in [2.24, 2.45) is 0 Å². The summed E-state index contributed by atoms with van der Waals surface area (Å²) in [5.41, 5.74) is 21.3. The van der Waals surface area contributed by atoms with E-state index in [1.165, 1.54) is 187 Å². The summed E-state index contributed by atoms with van der Waals surface area (Å²) in [5, 5.41) is 0. The van der Waals surface area contributed by atoms with Gasteiger partial charge in [0.1, 0.15) is 0 Å². The van der Waals surface area contributed by atoms with Gasteiger partial charge in [0.05, 0.1) is 0 Å². The summed E-state index contributed by atoms with van der Waals surface area (Å²) in [6.45, 7) is 14.2. The number of rotatable bonds is 30. The summed E-state index contributed by atoms with van der Waals surface area (Å²) in [6.07, 6.45) is 56.3. The molecule has 0 radical (unpaired) electrons. The summed E-state index contributed by atoms with van der Waals surface area (Å²) >= 11 is 0. The smallest absolute Gasteiger partial charge is 0.0246 e. The molecular formula is C69H90. The van der Waals surface area contributed by atoms with Crippen LogP contribution in [0.3, 0.4) is 0 Å². The molecule has 4 aromatic rings. The number of benzene rings is 4. The molecule has 3 aliphatic rings. The van der Waals surface area contributed by atoms with Crippen LogP contribution in [-0.2, 0) is 16.2 Å². The molecule has 0 saturated heterocycles. The highest BCUT2D eigenvalue weighted by molar-refractivity contribution is 6.05. The molecule has 7 rings (SSSR count). The summed E-state index contributed by atoms with van der Waals surface area (Å²) < 4.78 is 0. The zero-order valence-corrected chi connectivity index (χ0v) is 44.6. The third-order valence-electron chi connectivity index (χ3n) is 17.6. The van der Waals surface area contributed by atoms with Crippen molar-refractivity contribution in [3.05, 3.63) is 105 Å². The van der Waals surface area contributed by atoms with Crippen molar-refractivity contribution in [1.29, 1.82) is 0 Å². The van der Waals surface area contributed by atoms with Crippen molar-refractivity contribution in [3.8, 4) is 70.4 Å². The van der Waals surface area contributed by atoms with Crippen molar-refractivity contribution in [3.63, 3.8) is 0 Å². The van der Waals surface area contributed by atoms with Crippen LogP contribution in [0.25, 0.3) is 33.4 Å². The summed E-state index contributed by atoms with van der Waals surface area (Å²) in [5.74, 6) is 9.52. The Morgan fingerprint density at radius 1 is 0.304 bits per heavy atom. The minimum absolute atomic E-state index is 0.157. The van der Waals surface area contributed by atoms with Gasteiger partial charge in [0.25, 0.3) is 0 Å². The first-order valence-corrected chi connectivity index (χ1v) is 28.9. The number of terminal acetylenes is 3. The minimum Gasteiger partial charge on any atom is -0.115 e. The second-order valence-electron chi connectivity index (χ2n) is 22.1. The highest BCUT2D eigenvalue weighted by atomic mass is 14.6. The van der Waals surface area contributed by atoms with E-state index in [2.05, 4.69) is 114 Å². The van der Waals surface area contributed by atoms with E-state index in [9.17, 15) is 0 Å². The quantitative estimate of drug-likeness (QED) is 0.0361. The van der Waals surface area contributed by atoms with E-state index in [-0.39, 0.29) is 16.2 Å². The van der Waals surface area contributed by atoms with Gasteiger partial charge >= 0.3 is 0 Å². The zero-order valence-electron chi connectivity index (χ0n) is 44.6. The van der Waals surface area contributed by atoms with Crippen LogP contribution in [0.5, 0.6) is 0 Å². The molecule has 4 aromatic carbocycles. The molecular weight excluding hydrogens is 829 g/mol. The average Bonchev–Trinajstić information content (AvgIpc) is 3.93. The van der Waals surface area contributed by atoms with E-state index < -0.39 is 0 Å². The van der Waals surface area contributed by atoms with Crippen LogP contribution in [0.1, 0.15) is 284 Å². The largest absolute Gasteiger partial charge is 0.115 e. The predicted octanol–water partition coefficient (Wildman–Crippen LogP) is 20.3. The Balaban J connectivity index is 1.73. The molecule has 0 heteroatoms. The second-order valence-corrected chi connectivity index (χ2v) is 22.1. The monoisotopic (exact) mass is 919 g/mol. The fourth-order valence-electron chi connectivity index (χ4n) is 14.2. The molecule has 0 saturated carbocycles. The maximum Gasteiger partial charge on any atom is 0.0246 e. The highest BCUT2D eigenvalue weighted by Crippen LogP contribution is 2.71. The first kappa shape index (κ1) is 52.4. The van der Waals surface area contributed by atoms with E-state index in [0.29, 0.717) is 0 Å². The van der Waals surface area contributed by atoms with E-state index in [4.69, 9.17) is 19.3 Å². The normalized spacial score (nSPS) is 14.8. The number of fused-ring (bicyclic) bond motifs is 12. The third-order valence-corrected chi connectivity index (χ3v) is 17.6. The molecule has 0 fully saturated rings. The average molecular weight is 919 g/mol. The maximum atomic E-state index is 6.46. The topological polar surface area (TPSA) is 0 Å². The van der Waals surface area contributed by atoms with Crippen molar-refractivity contribution in [2.75, 3.05) is 0 Å². The Bertz CT molecular complexity index is 2150. The molecule has 366 valence electrons. The van der Waals surface area contributed by atoms with Gasteiger partial charge in [0.15, 0.2) is 0 Å². The Hall–Kier alpha value is -4.44. The Morgan fingerprint density at radius 3 is 0.710 bits per heavy atom. The van der Waals surface area contributed by atoms with Crippen molar-refractivity contribution >= 4 is 0 Å². The first-order chi connectivity index (χ1) is 33.8. The fourth-order valence-corrected chi connectivity index (χ4v) is 14.2. The van der Waals surface area contributed by atoms with Gasteiger partial charge < -0.3 is 0 Å². The number of hydrogen-bond acceptors (Lipinski definition) is 0. The first-order valence-electron chi connectivity index (χ1n) is 28.9. The zero-order chi connectivity index (χ0) is 48.9. The lowest BCUT2D eigenvalue weighted by molar-refractivity contribution is 0.389. The Morgan fingerprint density at radius 2 is 0.522 bits per heavy atom. The van der Waals surface area contributed by atoms with E-state index >= 15 is 0 Å². The summed E-state index contributed by atoms with van der Waals surface area (Å²) in [7, 11) is 0. The standard InChI is InChI=1S/C69H90/c1-10-19-25-31-43-67(44-32-26-20-11-2)58-49-52(16-7)37-40-55(58)61-64(67)62-56-41-38-53(17-8)50-59(56)68(45-33-27-21-12-3,46-34-28-22-13-4)66(62)63-57-42-39-54(18-9)51-60(57)69(65(61)63,47-35-29-23-14-5)48-36-30-24-15-6/h7-9,37-42,49-51H,10-15,19-36,43-48H2,1-6H3. The Kier molecular flexibility index (Phi) is 18.7. The van der Waals surface area contributed by atoms with Gasteiger partial charge in [0, 0.05) is 32.9 Å². The van der Waals surface area contributed by atoms with E-state index in [0.717, 1.165) is 55.2 Å². The number of hydrogen-bond donors (Lipinski definition) is 0. The van der Waals surface area contributed by atoms with Crippen LogP contribution in [0.2, 0.25) is 0 Å². The molecule has 3 aliphatic carbocycles. The molecule has 0 nitrogen and oxygen atoms in total. The van der Waals surface area contributed by atoms with Gasteiger partial charge in [-0.15, -0.1) is 19.3 Å². The summed E-state index contributed by atoms with van der Waals surface area (Å²) in [4.78, 5) is 0. The van der Waals surface area contributed by atoms with Crippen LogP contribution < -0.4 is 0 Å². The van der Waals surface area contributed by atoms with E-state index in [1.807, 2.05) is 0 Å². The van der Waals surface area contributed by atoms with Gasteiger partial charge in [-0.05, 0) is 142 Å². The van der Waals surface area contributed by atoms with E-state index in [1.54, 1.807) is 33.4 Å². The molecule has 0 heterocycles. The lowest BCUT2D eigenvalue weighted by atomic mass is 9.63. The van der Waals surface area contributed by atoms with Gasteiger partial charge in [-0.3, -0.25) is 0 Å².